The lowest BCUT2D eigenvalue weighted by molar-refractivity contribution is -0.151. The van der Waals surface area contributed by atoms with Crippen molar-refractivity contribution in [3.8, 4) is 0 Å². The number of likely N-dealkylation sites (tertiary alicyclic amines) is 2. The first-order chi connectivity index (χ1) is 24.1. The summed E-state index contributed by atoms with van der Waals surface area (Å²) in [4.78, 5) is 70.4. The highest BCUT2D eigenvalue weighted by atomic mass is 16.5. The number of nitrogens with one attached hydrogen (secondary N) is 2. The van der Waals surface area contributed by atoms with Crippen LogP contribution in [0, 0.1) is 0 Å². The molecule has 2 aliphatic rings. The van der Waals surface area contributed by atoms with Gasteiger partial charge in [0.25, 0.3) is 0 Å². The minimum Gasteiger partial charge on any atom is -0.468 e. The quantitative estimate of drug-likeness (QED) is 0.124. The predicted octanol–water partition coefficient (Wildman–Crippen LogP) is 0.772. The molecule has 8 N–H and O–H groups in total. The minimum absolute atomic E-state index is 0.227. The van der Waals surface area contributed by atoms with Crippen LogP contribution in [0.1, 0.15) is 62.5 Å². The molecule has 0 unspecified atom stereocenters. The zero-order chi connectivity index (χ0) is 36.1. The molecule has 2 aromatic carbocycles. The lowest BCUT2D eigenvalue weighted by Gasteiger charge is -2.38. The number of nitrogens with zero attached hydrogens (tertiary/aromatic N) is 2. The summed E-state index contributed by atoms with van der Waals surface area (Å²) in [5.41, 5.74) is 19.0. The van der Waals surface area contributed by atoms with Gasteiger partial charge in [-0.25, -0.2) is 0 Å². The highest BCUT2D eigenvalue weighted by Crippen LogP contribution is 2.24. The predicted molar refractivity (Wildman–Crippen MR) is 189 cm³/mol. The Morgan fingerprint density at radius 1 is 0.860 bits per heavy atom. The van der Waals surface area contributed by atoms with Gasteiger partial charge in [0.1, 0.15) is 23.7 Å². The summed E-state index contributed by atoms with van der Waals surface area (Å²) >= 11 is 0. The van der Waals surface area contributed by atoms with Crippen molar-refractivity contribution in [2.75, 3.05) is 33.3 Å². The number of rotatable bonds is 16. The van der Waals surface area contributed by atoms with Gasteiger partial charge in [0.05, 0.1) is 13.2 Å². The SMILES string of the molecule is COC(=O)C1(N)CCN(C(=O)[C@@H](CCCCN)NC(=O)[C@H]2CCCN2C(=O)[C@@H](Cc2ccccc2)NC(=O)[C@H](N)CCc2ccccc2)CC1. The van der Waals surface area contributed by atoms with Crippen LogP contribution in [-0.4, -0.2) is 102 Å². The summed E-state index contributed by atoms with van der Waals surface area (Å²) in [7, 11) is 1.29. The Morgan fingerprint density at radius 3 is 2.12 bits per heavy atom. The van der Waals surface area contributed by atoms with Crippen LogP contribution in [0.5, 0.6) is 0 Å². The first kappa shape index (κ1) is 38.5. The smallest absolute Gasteiger partial charge is 0.325 e. The monoisotopic (exact) mass is 691 g/mol. The number of aryl methyl sites for hydroxylation is 1. The second kappa shape index (κ2) is 18.6. The second-order valence-corrected chi connectivity index (χ2v) is 13.4. The summed E-state index contributed by atoms with van der Waals surface area (Å²) < 4.78 is 4.85. The molecular formula is C37H53N7O6. The minimum atomic E-state index is -1.16. The maximum Gasteiger partial charge on any atom is 0.325 e. The van der Waals surface area contributed by atoms with Gasteiger partial charge in [0.2, 0.25) is 23.6 Å². The van der Waals surface area contributed by atoms with Gasteiger partial charge in [-0.1, -0.05) is 60.7 Å². The van der Waals surface area contributed by atoms with Gasteiger partial charge in [-0.2, -0.15) is 0 Å². The van der Waals surface area contributed by atoms with E-state index >= 15 is 0 Å². The summed E-state index contributed by atoms with van der Waals surface area (Å²) in [6, 6.07) is 15.7. The molecule has 2 aromatic rings. The molecule has 2 heterocycles. The second-order valence-electron chi connectivity index (χ2n) is 13.4. The van der Waals surface area contributed by atoms with Crippen molar-refractivity contribution >= 4 is 29.6 Å². The maximum atomic E-state index is 14.2. The normalized spacial score (nSPS) is 18.8. The van der Waals surface area contributed by atoms with Crippen molar-refractivity contribution < 1.29 is 28.7 Å². The first-order valence-electron chi connectivity index (χ1n) is 17.7. The number of carbonyl (C=O) groups excluding carboxylic acids is 5. The van der Waals surface area contributed by atoms with Gasteiger partial charge >= 0.3 is 5.97 Å². The van der Waals surface area contributed by atoms with Crippen molar-refractivity contribution in [2.45, 2.75) is 93.9 Å². The van der Waals surface area contributed by atoms with Crippen LogP contribution in [0.15, 0.2) is 60.7 Å². The number of ether oxygens (including phenoxy) is 1. The number of nitrogens with two attached hydrogens (primary N) is 3. The molecule has 2 fully saturated rings. The topological polar surface area (TPSA) is 203 Å². The van der Waals surface area contributed by atoms with Crippen LogP contribution in [0.25, 0.3) is 0 Å². The van der Waals surface area contributed by atoms with Crippen molar-refractivity contribution in [1.29, 1.82) is 0 Å². The molecule has 272 valence electrons. The fourth-order valence-electron chi connectivity index (χ4n) is 6.70. The Balaban J connectivity index is 1.45. The van der Waals surface area contributed by atoms with E-state index in [0.717, 1.165) is 11.1 Å². The third-order valence-electron chi connectivity index (χ3n) is 9.78. The molecule has 0 bridgehead atoms. The Bertz CT molecular complexity index is 1430. The van der Waals surface area contributed by atoms with E-state index in [4.69, 9.17) is 21.9 Å². The molecule has 13 heteroatoms. The van der Waals surface area contributed by atoms with Crippen LogP contribution in [0.4, 0.5) is 0 Å². The standard InChI is InChI=1S/C37H53N7O6/c1-50-36(49)37(40)19-23-43(24-20-37)34(47)29(15-8-9-21-38)41-33(46)31-16-10-22-44(31)35(48)30(25-27-13-6-3-7-14-27)42-32(45)28(39)18-17-26-11-4-2-5-12-26/h2-7,11-14,28-31H,8-10,15-25,38-40H2,1H3,(H,41,46)(H,42,45)/t28-,29-,30-,31-/m1/s1. The fourth-order valence-corrected chi connectivity index (χ4v) is 6.70. The van der Waals surface area contributed by atoms with E-state index in [1.54, 1.807) is 4.90 Å². The number of hydrogen-bond donors (Lipinski definition) is 5. The summed E-state index contributed by atoms with van der Waals surface area (Å²) in [6.07, 6.45) is 4.41. The average molecular weight is 692 g/mol. The highest BCUT2D eigenvalue weighted by Gasteiger charge is 2.42. The number of esters is 1. The van der Waals surface area contributed by atoms with Gasteiger partial charge in [-0.15, -0.1) is 0 Å². The van der Waals surface area contributed by atoms with Crippen LogP contribution in [0.3, 0.4) is 0 Å². The third kappa shape index (κ3) is 10.3. The molecule has 50 heavy (non-hydrogen) atoms. The Morgan fingerprint density at radius 2 is 1.50 bits per heavy atom. The van der Waals surface area contributed by atoms with Crippen molar-refractivity contribution in [3.63, 3.8) is 0 Å². The molecule has 0 aliphatic carbocycles. The van der Waals surface area contributed by atoms with Crippen molar-refractivity contribution in [2.24, 2.45) is 17.2 Å². The summed E-state index contributed by atoms with van der Waals surface area (Å²) in [5.74, 6) is -2.02. The molecule has 13 nitrogen and oxygen atoms in total. The number of methoxy groups -OCH3 is 1. The highest BCUT2D eigenvalue weighted by molar-refractivity contribution is 5.95. The Kier molecular flexibility index (Phi) is 14.3. The molecule has 2 saturated heterocycles. The molecule has 4 rings (SSSR count). The molecule has 2 aliphatic heterocycles. The molecule has 0 radical (unpaired) electrons. The van der Waals surface area contributed by atoms with Crippen LogP contribution >= 0.6 is 0 Å². The van der Waals surface area contributed by atoms with E-state index in [1.807, 2.05) is 60.7 Å². The van der Waals surface area contributed by atoms with Crippen molar-refractivity contribution in [1.82, 2.24) is 20.4 Å². The molecule has 0 aromatic heterocycles. The molecule has 4 atom stereocenters. The van der Waals surface area contributed by atoms with Gasteiger partial charge in [-0.3, -0.25) is 24.0 Å². The zero-order valence-corrected chi connectivity index (χ0v) is 29.1. The number of benzene rings is 2. The number of piperidine rings is 1. The first-order valence-corrected chi connectivity index (χ1v) is 17.7. The van der Waals surface area contributed by atoms with E-state index in [0.29, 0.717) is 58.0 Å². The van der Waals surface area contributed by atoms with E-state index in [2.05, 4.69) is 10.6 Å². The van der Waals surface area contributed by atoms with E-state index in [9.17, 15) is 24.0 Å². The number of unbranched alkanes of at least 4 members (excludes halogenated alkanes) is 1. The fraction of sp³-hybridized carbons (Fsp3) is 0.541. The van der Waals surface area contributed by atoms with Crippen molar-refractivity contribution in [3.05, 3.63) is 71.8 Å². The molecule has 4 amide bonds. The van der Waals surface area contributed by atoms with Gasteiger partial charge in [0.15, 0.2) is 0 Å². The van der Waals surface area contributed by atoms with E-state index in [-0.39, 0.29) is 44.2 Å². The van der Waals surface area contributed by atoms with Crippen LogP contribution in [-0.2, 0) is 41.6 Å². The largest absolute Gasteiger partial charge is 0.468 e. The maximum absolute atomic E-state index is 14.2. The number of amides is 4. The van der Waals surface area contributed by atoms with Gasteiger partial charge in [0, 0.05) is 26.1 Å². The van der Waals surface area contributed by atoms with Crippen LogP contribution < -0.4 is 27.8 Å². The molecule has 0 saturated carbocycles. The van der Waals surface area contributed by atoms with E-state index < -0.39 is 47.5 Å². The summed E-state index contributed by atoms with van der Waals surface area (Å²) in [5, 5.41) is 5.83. The van der Waals surface area contributed by atoms with E-state index in [1.165, 1.54) is 12.0 Å². The zero-order valence-electron chi connectivity index (χ0n) is 29.1. The lowest BCUT2D eigenvalue weighted by atomic mass is 9.88. The molecule has 0 spiro atoms. The third-order valence-corrected chi connectivity index (χ3v) is 9.78. The number of carbonyl (C=O) groups is 5. The van der Waals surface area contributed by atoms with Crippen LogP contribution in [0.2, 0.25) is 0 Å². The Hall–Kier alpha value is -4.33. The van der Waals surface area contributed by atoms with Gasteiger partial charge in [-0.05, 0) is 75.5 Å². The Labute approximate surface area is 294 Å². The average Bonchev–Trinajstić information content (AvgIpc) is 3.64. The number of hydrogen-bond acceptors (Lipinski definition) is 9. The lowest BCUT2D eigenvalue weighted by Crippen LogP contribution is -2.60. The summed E-state index contributed by atoms with van der Waals surface area (Å²) in [6.45, 7) is 1.27. The van der Waals surface area contributed by atoms with Gasteiger partial charge < -0.3 is 42.4 Å². The molecular weight excluding hydrogens is 638 g/mol.